The fraction of sp³-hybridized carbons (Fsp3) is 0.364. The average molecular weight is 298 g/mol. The third kappa shape index (κ3) is 1.73. The zero-order valence-electron chi connectivity index (χ0n) is 8.66. The van der Waals surface area contributed by atoms with Crippen LogP contribution in [0.3, 0.4) is 0 Å². The first kappa shape index (κ1) is 10.5. The third-order valence-corrected chi connectivity index (χ3v) is 4.58. The average Bonchev–Trinajstić information content (AvgIpc) is 2.96. The van der Waals surface area contributed by atoms with E-state index in [-0.39, 0.29) is 0 Å². The molecule has 0 radical (unpaired) electrons. The van der Waals surface area contributed by atoms with E-state index in [4.69, 9.17) is 0 Å². The molecule has 1 unspecified atom stereocenters. The van der Waals surface area contributed by atoms with Gasteiger partial charge in [-0.15, -0.1) is 11.3 Å². The largest absolute Gasteiger partial charge is 0.309 e. The molecule has 1 atom stereocenters. The first-order valence-electron chi connectivity index (χ1n) is 5.37. The smallest absolute Gasteiger partial charge is 0.117 e. The molecule has 1 saturated heterocycles. The summed E-state index contributed by atoms with van der Waals surface area (Å²) >= 11 is 5.37. The molecular formula is C11H12BrN3S. The minimum absolute atomic E-state index is 0.426. The van der Waals surface area contributed by atoms with Crippen LogP contribution >= 0.6 is 27.3 Å². The summed E-state index contributed by atoms with van der Waals surface area (Å²) in [5, 5.41) is 13.1. The van der Waals surface area contributed by atoms with Crippen LogP contribution in [0.15, 0.2) is 22.0 Å². The van der Waals surface area contributed by atoms with Gasteiger partial charge in [-0.25, -0.2) is 0 Å². The second kappa shape index (κ2) is 4.31. The lowest BCUT2D eigenvalue weighted by Crippen LogP contribution is -2.13. The van der Waals surface area contributed by atoms with Gasteiger partial charge < -0.3 is 5.32 Å². The van der Waals surface area contributed by atoms with Gasteiger partial charge in [-0.05, 0) is 46.8 Å². The van der Waals surface area contributed by atoms with Crippen molar-refractivity contribution in [1.82, 2.24) is 15.5 Å². The van der Waals surface area contributed by atoms with Crippen LogP contribution in [-0.4, -0.2) is 16.7 Å². The zero-order valence-corrected chi connectivity index (χ0v) is 11.1. The maximum Gasteiger partial charge on any atom is 0.117 e. The number of thiophene rings is 1. The van der Waals surface area contributed by atoms with Gasteiger partial charge in [0.2, 0.25) is 0 Å². The van der Waals surface area contributed by atoms with Gasteiger partial charge in [-0.1, -0.05) is 6.07 Å². The van der Waals surface area contributed by atoms with E-state index in [0.29, 0.717) is 6.04 Å². The molecule has 2 aromatic heterocycles. The maximum atomic E-state index is 4.40. The normalized spacial score (nSPS) is 20.4. The van der Waals surface area contributed by atoms with Crippen LogP contribution in [-0.2, 0) is 0 Å². The lowest BCUT2D eigenvalue weighted by atomic mass is 10.1. The van der Waals surface area contributed by atoms with Gasteiger partial charge in [0.25, 0.3) is 0 Å². The van der Waals surface area contributed by atoms with Crippen LogP contribution in [0.2, 0.25) is 0 Å². The molecule has 1 fully saturated rings. The maximum absolute atomic E-state index is 4.40. The highest BCUT2D eigenvalue weighted by Gasteiger charge is 2.23. The Balaban J connectivity index is 1.97. The summed E-state index contributed by atoms with van der Waals surface area (Å²) in [4.78, 5) is 1.20. The molecule has 0 spiro atoms. The Hall–Kier alpha value is -0.650. The molecule has 2 N–H and O–H groups in total. The second-order valence-electron chi connectivity index (χ2n) is 3.93. The minimum atomic E-state index is 0.426. The Labute approximate surface area is 106 Å². The molecule has 3 rings (SSSR count). The van der Waals surface area contributed by atoms with Gasteiger partial charge in [0.1, 0.15) is 5.69 Å². The molecule has 0 amide bonds. The molecule has 0 aromatic carbocycles. The summed E-state index contributed by atoms with van der Waals surface area (Å²) in [5.41, 5.74) is 2.21. The lowest BCUT2D eigenvalue weighted by Gasteiger charge is -2.07. The second-order valence-corrected chi connectivity index (χ2v) is 5.67. The molecule has 1 aliphatic rings. The van der Waals surface area contributed by atoms with Crippen molar-refractivity contribution in [3.8, 4) is 10.6 Å². The third-order valence-electron chi connectivity index (χ3n) is 2.90. The molecule has 0 bridgehead atoms. The molecule has 3 nitrogen and oxygen atoms in total. The molecule has 5 heteroatoms. The van der Waals surface area contributed by atoms with Gasteiger partial charge in [-0.2, -0.15) is 5.10 Å². The Kier molecular flexibility index (Phi) is 2.83. The summed E-state index contributed by atoms with van der Waals surface area (Å²) in [6.45, 7) is 1.10. The van der Waals surface area contributed by atoms with Gasteiger partial charge in [-0.3, -0.25) is 5.10 Å². The highest BCUT2D eigenvalue weighted by Crippen LogP contribution is 2.36. The Morgan fingerprint density at radius 2 is 2.44 bits per heavy atom. The SMILES string of the molecule is Brc1c(-c2cccs2)n[nH]c1C1CCCN1. The van der Waals surface area contributed by atoms with Gasteiger partial charge in [0, 0.05) is 0 Å². The molecule has 16 heavy (non-hydrogen) atoms. The summed E-state index contributed by atoms with van der Waals surface area (Å²) in [6.07, 6.45) is 2.43. The first-order valence-corrected chi connectivity index (χ1v) is 7.04. The van der Waals surface area contributed by atoms with E-state index in [1.54, 1.807) is 11.3 Å². The monoisotopic (exact) mass is 297 g/mol. The van der Waals surface area contributed by atoms with Crippen LogP contribution in [0.25, 0.3) is 10.6 Å². The van der Waals surface area contributed by atoms with E-state index >= 15 is 0 Å². The van der Waals surface area contributed by atoms with Crippen LogP contribution in [0.1, 0.15) is 24.6 Å². The Bertz CT molecular complexity index is 471. The summed E-state index contributed by atoms with van der Waals surface area (Å²) in [7, 11) is 0. The molecule has 2 aromatic rings. The predicted molar refractivity (Wildman–Crippen MR) is 69.6 cm³/mol. The molecule has 0 aliphatic carbocycles. The van der Waals surface area contributed by atoms with Gasteiger partial charge in [0.05, 0.1) is 21.1 Å². The lowest BCUT2D eigenvalue weighted by molar-refractivity contribution is 0.623. The van der Waals surface area contributed by atoms with Crippen molar-refractivity contribution in [2.45, 2.75) is 18.9 Å². The van der Waals surface area contributed by atoms with Crippen molar-refractivity contribution in [3.05, 3.63) is 27.7 Å². The van der Waals surface area contributed by atoms with E-state index in [0.717, 1.165) is 16.7 Å². The van der Waals surface area contributed by atoms with E-state index in [9.17, 15) is 0 Å². The van der Waals surface area contributed by atoms with Crippen molar-refractivity contribution >= 4 is 27.3 Å². The number of nitrogens with zero attached hydrogens (tertiary/aromatic N) is 1. The molecule has 1 aliphatic heterocycles. The number of aromatic amines is 1. The highest BCUT2D eigenvalue weighted by molar-refractivity contribution is 9.10. The predicted octanol–water partition coefficient (Wildman–Crippen LogP) is 3.33. The number of hydrogen-bond acceptors (Lipinski definition) is 3. The van der Waals surface area contributed by atoms with E-state index in [1.807, 2.05) is 0 Å². The number of H-pyrrole nitrogens is 1. The summed E-state index contributed by atoms with van der Waals surface area (Å²) in [6, 6.07) is 4.57. The van der Waals surface area contributed by atoms with Crippen molar-refractivity contribution < 1.29 is 0 Å². The van der Waals surface area contributed by atoms with Crippen molar-refractivity contribution in [2.75, 3.05) is 6.54 Å². The summed E-state index contributed by atoms with van der Waals surface area (Å²) < 4.78 is 1.11. The first-order chi connectivity index (χ1) is 7.86. The van der Waals surface area contributed by atoms with E-state index in [2.05, 4.69) is 49.0 Å². The van der Waals surface area contributed by atoms with Crippen LogP contribution in [0.4, 0.5) is 0 Å². The number of nitrogens with one attached hydrogen (secondary N) is 2. The van der Waals surface area contributed by atoms with Crippen LogP contribution in [0.5, 0.6) is 0 Å². The zero-order chi connectivity index (χ0) is 11.0. The Morgan fingerprint density at radius 3 is 3.12 bits per heavy atom. The number of hydrogen-bond donors (Lipinski definition) is 2. The number of aromatic nitrogens is 2. The van der Waals surface area contributed by atoms with Crippen molar-refractivity contribution in [1.29, 1.82) is 0 Å². The molecule has 84 valence electrons. The minimum Gasteiger partial charge on any atom is -0.309 e. The number of rotatable bonds is 2. The molecular weight excluding hydrogens is 286 g/mol. The van der Waals surface area contributed by atoms with Crippen molar-refractivity contribution in [2.24, 2.45) is 0 Å². The standard InChI is InChI=1S/C11H12BrN3S/c12-9-10(7-3-1-5-13-7)14-15-11(9)8-4-2-6-16-8/h2,4,6-7,13H,1,3,5H2,(H,14,15). The van der Waals surface area contributed by atoms with Gasteiger partial charge >= 0.3 is 0 Å². The number of halogens is 1. The molecule has 3 heterocycles. The van der Waals surface area contributed by atoms with E-state index < -0.39 is 0 Å². The van der Waals surface area contributed by atoms with Gasteiger partial charge in [0.15, 0.2) is 0 Å². The highest BCUT2D eigenvalue weighted by atomic mass is 79.9. The summed E-state index contributed by atoms with van der Waals surface area (Å²) in [5.74, 6) is 0. The van der Waals surface area contributed by atoms with Crippen molar-refractivity contribution in [3.63, 3.8) is 0 Å². The van der Waals surface area contributed by atoms with E-state index in [1.165, 1.54) is 23.4 Å². The molecule has 0 saturated carbocycles. The van der Waals surface area contributed by atoms with Crippen LogP contribution in [0, 0.1) is 0 Å². The quantitative estimate of drug-likeness (QED) is 0.893. The topological polar surface area (TPSA) is 40.7 Å². The Morgan fingerprint density at radius 1 is 1.50 bits per heavy atom. The fourth-order valence-corrected chi connectivity index (χ4v) is 3.60. The van der Waals surface area contributed by atoms with Crippen LogP contribution < -0.4 is 5.32 Å². The fourth-order valence-electron chi connectivity index (χ4n) is 2.08.